The fourth-order valence-corrected chi connectivity index (χ4v) is 4.29. The van der Waals surface area contributed by atoms with E-state index < -0.39 is 0 Å². The molecule has 1 atom stereocenters. The maximum Gasteiger partial charge on any atom is 0.0761 e. The van der Waals surface area contributed by atoms with E-state index in [1.54, 1.807) is 0 Å². The second kappa shape index (κ2) is 5.17. The van der Waals surface area contributed by atoms with Crippen molar-refractivity contribution in [3.05, 3.63) is 21.9 Å². The van der Waals surface area contributed by atoms with Crippen LogP contribution < -0.4 is 5.73 Å². The summed E-state index contributed by atoms with van der Waals surface area (Å²) in [6, 6.07) is 2.49. The molecular formula is C15H26N2OS. The lowest BCUT2D eigenvalue weighted by atomic mass is 9.96. The lowest BCUT2D eigenvalue weighted by Crippen LogP contribution is -2.58. The van der Waals surface area contributed by atoms with Crippen molar-refractivity contribution in [1.82, 2.24) is 4.90 Å². The maximum atomic E-state index is 6.15. The number of nitrogens with zero attached hydrogens (tertiary/aromatic N) is 1. The van der Waals surface area contributed by atoms with Crippen LogP contribution in [-0.4, -0.2) is 35.7 Å². The molecule has 2 rings (SSSR count). The number of morpholine rings is 1. The molecule has 1 aliphatic heterocycles. The number of ether oxygens (including phenoxy) is 1. The van der Waals surface area contributed by atoms with Crippen LogP contribution in [0.3, 0.4) is 0 Å². The predicted molar refractivity (Wildman–Crippen MR) is 81.7 cm³/mol. The highest BCUT2D eigenvalue weighted by atomic mass is 32.1. The zero-order valence-corrected chi connectivity index (χ0v) is 13.5. The smallest absolute Gasteiger partial charge is 0.0761 e. The Bertz CT molecular complexity index is 423. The normalized spacial score (nSPS) is 24.3. The number of hydrogen-bond acceptors (Lipinski definition) is 4. The van der Waals surface area contributed by atoms with Crippen molar-refractivity contribution >= 4 is 11.3 Å². The van der Waals surface area contributed by atoms with E-state index in [1.165, 1.54) is 10.4 Å². The van der Waals surface area contributed by atoms with Gasteiger partial charge in [-0.2, -0.15) is 0 Å². The second-order valence-corrected chi connectivity index (χ2v) is 7.69. The van der Waals surface area contributed by atoms with Gasteiger partial charge in [-0.25, -0.2) is 0 Å². The van der Waals surface area contributed by atoms with E-state index in [4.69, 9.17) is 10.5 Å². The van der Waals surface area contributed by atoms with E-state index in [2.05, 4.69) is 51.0 Å². The first-order valence-corrected chi connectivity index (χ1v) is 7.80. The van der Waals surface area contributed by atoms with Crippen molar-refractivity contribution < 1.29 is 4.74 Å². The van der Waals surface area contributed by atoms with E-state index >= 15 is 0 Å². The quantitative estimate of drug-likeness (QED) is 0.926. The van der Waals surface area contributed by atoms with Crippen LogP contribution in [0.2, 0.25) is 0 Å². The van der Waals surface area contributed by atoms with Gasteiger partial charge in [0.1, 0.15) is 0 Å². The lowest BCUT2D eigenvalue weighted by molar-refractivity contribution is -0.187. The topological polar surface area (TPSA) is 38.5 Å². The Kier molecular flexibility index (Phi) is 4.07. The summed E-state index contributed by atoms with van der Waals surface area (Å²) in [5, 5.41) is 2.16. The van der Waals surface area contributed by atoms with Crippen molar-refractivity contribution in [2.24, 2.45) is 5.73 Å². The van der Waals surface area contributed by atoms with Gasteiger partial charge in [-0.1, -0.05) is 0 Å². The fourth-order valence-electron chi connectivity index (χ4n) is 3.21. The van der Waals surface area contributed by atoms with E-state index in [9.17, 15) is 0 Å². The molecule has 1 aromatic rings. The fraction of sp³-hybridized carbons (Fsp3) is 0.733. The van der Waals surface area contributed by atoms with Crippen molar-refractivity contribution in [2.75, 3.05) is 19.6 Å². The van der Waals surface area contributed by atoms with E-state index in [1.807, 2.05) is 11.3 Å². The lowest BCUT2D eigenvalue weighted by Gasteiger charge is -2.49. The number of hydrogen-bond donors (Lipinski definition) is 1. The predicted octanol–water partition coefficient (Wildman–Crippen LogP) is 2.95. The molecule has 4 heteroatoms. The molecule has 1 aliphatic rings. The van der Waals surface area contributed by atoms with Gasteiger partial charge in [-0.15, -0.1) is 11.3 Å². The van der Waals surface area contributed by atoms with Crippen LogP contribution >= 0.6 is 11.3 Å². The van der Waals surface area contributed by atoms with Gasteiger partial charge >= 0.3 is 0 Å². The molecule has 0 radical (unpaired) electrons. The van der Waals surface area contributed by atoms with E-state index in [0.29, 0.717) is 12.6 Å². The number of rotatable bonds is 3. The first kappa shape index (κ1) is 15.0. The highest BCUT2D eigenvalue weighted by Crippen LogP contribution is 2.35. The summed E-state index contributed by atoms with van der Waals surface area (Å²) in [5.41, 5.74) is 7.17. The Morgan fingerprint density at radius 3 is 2.32 bits per heavy atom. The Morgan fingerprint density at radius 2 is 1.89 bits per heavy atom. The number of thiophene rings is 1. The van der Waals surface area contributed by atoms with Gasteiger partial charge in [0.05, 0.1) is 17.2 Å². The monoisotopic (exact) mass is 282 g/mol. The van der Waals surface area contributed by atoms with E-state index in [0.717, 1.165) is 13.1 Å². The molecule has 1 aromatic heterocycles. The highest BCUT2D eigenvalue weighted by Gasteiger charge is 2.40. The second-order valence-electron chi connectivity index (χ2n) is 6.75. The van der Waals surface area contributed by atoms with Crippen molar-refractivity contribution in [1.29, 1.82) is 0 Å². The molecule has 0 saturated carbocycles. The van der Waals surface area contributed by atoms with Crippen LogP contribution in [0.1, 0.15) is 44.2 Å². The Balaban J connectivity index is 2.26. The van der Waals surface area contributed by atoms with Crippen molar-refractivity contribution in [3.8, 4) is 0 Å². The van der Waals surface area contributed by atoms with Gasteiger partial charge in [0, 0.05) is 24.5 Å². The standard InChI is InChI=1S/C15H26N2OS/c1-11-6-7-19-13(11)12(8-16)17-9-14(2,3)18-15(4,5)10-17/h6-7,12H,8-10,16H2,1-5H3. The molecule has 3 nitrogen and oxygen atoms in total. The summed E-state index contributed by atoms with van der Waals surface area (Å²) in [7, 11) is 0. The number of aryl methyl sites for hydroxylation is 1. The van der Waals surface area contributed by atoms with Gasteiger partial charge in [0.15, 0.2) is 0 Å². The third-order valence-electron chi connectivity index (χ3n) is 3.59. The summed E-state index contributed by atoms with van der Waals surface area (Å²) >= 11 is 1.81. The minimum absolute atomic E-state index is 0.125. The van der Waals surface area contributed by atoms with Gasteiger partial charge in [-0.05, 0) is 51.6 Å². The summed E-state index contributed by atoms with van der Waals surface area (Å²) < 4.78 is 6.15. The molecule has 1 fully saturated rings. The molecule has 1 saturated heterocycles. The first-order chi connectivity index (χ1) is 8.74. The molecule has 2 heterocycles. The molecule has 108 valence electrons. The molecule has 0 aromatic carbocycles. The molecule has 0 amide bonds. The summed E-state index contributed by atoms with van der Waals surface area (Å²) in [5.74, 6) is 0. The van der Waals surface area contributed by atoms with Crippen LogP contribution in [0.5, 0.6) is 0 Å². The molecule has 1 unspecified atom stereocenters. The van der Waals surface area contributed by atoms with Gasteiger partial charge in [0.25, 0.3) is 0 Å². The Hall–Kier alpha value is -0.420. The minimum atomic E-state index is -0.125. The number of nitrogens with two attached hydrogens (primary N) is 1. The first-order valence-electron chi connectivity index (χ1n) is 6.92. The largest absolute Gasteiger partial charge is 0.367 e. The zero-order chi connectivity index (χ0) is 14.3. The molecule has 0 aliphatic carbocycles. The summed E-state index contributed by atoms with van der Waals surface area (Å²) in [6.07, 6.45) is 0. The Labute approximate surface area is 120 Å². The SMILES string of the molecule is Cc1ccsc1C(CN)N1CC(C)(C)OC(C)(C)C1. The van der Waals surface area contributed by atoms with Crippen molar-refractivity contribution in [2.45, 2.75) is 51.9 Å². The molecule has 0 spiro atoms. The van der Waals surface area contributed by atoms with Crippen molar-refractivity contribution in [3.63, 3.8) is 0 Å². The summed E-state index contributed by atoms with van der Waals surface area (Å²) in [4.78, 5) is 3.89. The third kappa shape index (κ3) is 3.37. The van der Waals surface area contributed by atoms with Crippen LogP contribution in [0.4, 0.5) is 0 Å². The minimum Gasteiger partial charge on any atom is -0.367 e. The summed E-state index contributed by atoms with van der Waals surface area (Å²) in [6.45, 7) is 13.3. The zero-order valence-electron chi connectivity index (χ0n) is 12.7. The van der Waals surface area contributed by atoms with Gasteiger partial charge in [-0.3, -0.25) is 4.90 Å². The average molecular weight is 282 g/mol. The average Bonchev–Trinajstić information content (AvgIpc) is 2.61. The Morgan fingerprint density at radius 1 is 1.32 bits per heavy atom. The van der Waals surface area contributed by atoms with E-state index in [-0.39, 0.29) is 11.2 Å². The van der Waals surface area contributed by atoms with Gasteiger partial charge in [0.2, 0.25) is 0 Å². The van der Waals surface area contributed by atoms with Gasteiger partial charge < -0.3 is 10.5 Å². The van der Waals surface area contributed by atoms with Crippen LogP contribution in [0, 0.1) is 6.92 Å². The molecule has 2 N–H and O–H groups in total. The van der Waals surface area contributed by atoms with Crippen LogP contribution in [-0.2, 0) is 4.74 Å². The highest BCUT2D eigenvalue weighted by molar-refractivity contribution is 7.10. The molecule has 19 heavy (non-hydrogen) atoms. The maximum absolute atomic E-state index is 6.15. The molecule has 0 bridgehead atoms. The van der Waals surface area contributed by atoms with Crippen LogP contribution in [0.25, 0.3) is 0 Å². The third-order valence-corrected chi connectivity index (χ3v) is 4.71. The van der Waals surface area contributed by atoms with Crippen LogP contribution in [0.15, 0.2) is 11.4 Å². The molecular weight excluding hydrogens is 256 g/mol.